The summed E-state index contributed by atoms with van der Waals surface area (Å²) in [6, 6.07) is 26.6. The highest BCUT2D eigenvalue weighted by Gasteiger charge is 2.46. The molecule has 2 heterocycles. The predicted molar refractivity (Wildman–Crippen MR) is 154 cm³/mol. The maximum Gasteiger partial charge on any atom is 0.350 e. The van der Waals surface area contributed by atoms with Crippen LogP contribution in [0.5, 0.6) is 11.5 Å². The molecule has 208 valence electrons. The van der Waals surface area contributed by atoms with E-state index in [1.165, 1.54) is 28.6 Å². The normalized spacial score (nSPS) is 20.8. The van der Waals surface area contributed by atoms with E-state index in [9.17, 15) is 15.0 Å². The molecule has 1 aromatic heterocycles. The van der Waals surface area contributed by atoms with E-state index >= 15 is 0 Å². The fourth-order valence-electron chi connectivity index (χ4n) is 5.00. The van der Waals surface area contributed by atoms with Crippen molar-refractivity contribution in [3.63, 3.8) is 0 Å². The third-order valence-electron chi connectivity index (χ3n) is 7.10. The minimum atomic E-state index is -1.21. The number of thioether (sulfide) groups is 1. The lowest BCUT2D eigenvalue weighted by Crippen LogP contribution is -2.39. The Hall–Kier alpha value is -3.83. The number of aromatic nitrogens is 2. The van der Waals surface area contributed by atoms with Crippen molar-refractivity contribution in [3.8, 4) is 11.5 Å². The van der Waals surface area contributed by atoms with Crippen LogP contribution in [0.4, 0.5) is 5.82 Å². The summed E-state index contributed by atoms with van der Waals surface area (Å²) in [5, 5.41) is 20.6. The first kappa shape index (κ1) is 27.7. The van der Waals surface area contributed by atoms with Gasteiger partial charge in [-0.15, -0.1) is 11.8 Å². The number of nitrogens with two attached hydrogens (primary N) is 1. The molecule has 1 aliphatic rings. The molecule has 0 amide bonds. The van der Waals surface area contributed by atoms with Gasteiger partial charge in [-0.25, -0.2) is 4.79 Å². The van der Waals surface area contributed by atoms with Gasteiger partial charge in [0.05, 0.1) is 32.2 Å². The van der Waals surface area contributed by atoms with Crippen LogP contribution in [0.3, 0.4) is 0 Å². The average molecular weight is 562 g/mol. The molecule has 4 aromatic rings. The first-order valence-electron chi connectivity index (χ1n) is 12.7. The quantitative estimate of drug-likeness (QED) is 0.264. The topological polar surface area (TPSA) is 129 Å². The van der Waals surface area contributed by atoms with E-state index in [0.29, 0.717) is 11.5 Å². The zero-order valence-electron chi connectivity index (χ0n) is 22.1. The highest BCUT2D eigenvalue weighted by Crippen LogP contribution is 2.45. The Morgan fingerprint density at radius 3 is 1.93 bits per heavy atom. The number of benzene rings is 3. The third-order valence-corrected chi connectivity index (χ3v) is 8.65. The second-order valence-corrected chi connectivity index (χ2v) is 10.8. The number of hydrogen-bond acceptors (Lipinski definition) is 9. The SMILES string of the molecule is COc1ccc(C(OC[C@H]2S[C@@H](n3ccc(N)nc3=O)[C@H](O)[C@@H]2O)(c2ccccc2)c2ccc(OC)cc2)cc1. The van der Waals surface area contributed by atoms with Crippen LogP contribution in [0, 0.1) is 0 Å². The molecule has 0 saturated carbocycles. The molecule has 3 aromatic carbocycles. The van der Waals surface area contributed by atoms with Crippen LogP contribution in [0.2, 0.25) is 0 Å². The average Bonchev–Trinajstić information content (AvgIpc) is 3.27. The Morgan fingerprint density at radius 1 is 0.850 bits per heavy atom. The van der Waals surface area contributed by atoms with Crippen LogP contribution in [-0.2, 0) is 10.3 Å². The molecule has 0 unspecified atom stereocenters. The Balaban J connectivity index is 1.55. The fourth-order valence-corrected chi connectivity index (χ4v) is 6.44. The summed E-state index contributed by atoms with van der Waals surface area (Å²) in [6.07, 6.45) is -0.890. The van der Waals surface area contributed by atoms with Crippen molar-refractivity contribution < 1.29 is 24.4 Å². The van der Waals surface area contributed by atoms with Gasteiger partial charge in [0.2, 0.25) is 0 Å². The Kier molecular flexibility index (Phi) is 8.13. The van der Waals surface area contributed by atoms with E-state index in [1.54, 1.807) is 14.2 Å². The van der Waals surface area contributed by atoms with Crippen molar-refractivity contribution in [2.75, 3.05) is 26.6 Å². The lowest BCUT2D eigenvalue weighted by atomic mass is 9.80. The van der Waals surface area contributed by atoms with Gasteiger partial charge in [0.1, 0.15) is 34.4 Å². The minimum absolute atomic E-state index is 0.0590. The molecule has 5 rings (SSSR count). The Labute approximate surface area is 236 Å². The van der Waals surface area contributed by atoms with Gasteiger partial charge in [0.25, 0.3) is 0 Å². The van der Waals surface area contributed by atoms with Crippen LogP contribution in [0.25, 0.3) is 0 Å². The number of rotatable bonds is 9. The number of ether oxygens (including phenoxy) is 3. The van der Waals surface area contributed by atoms with Gasteiger partial charge >= 0.3 is 5.69 Å². The molecule has 4 atom stereocenters. The van der Waals surface area contributed by atoms with Crippen molar-refractivity contribution >= 4 is 17.6 Å². The molecule has 9 nitrogen and oxygen atoms in total. The minimum Gasteiger partial charge on any atom is -0.497 e. The largest absolute Gasteiger partial charge is 0.497 e. The van der Waals surface area contributed by atoms with E-state index in [2.05, 4.69) is 4.98 Å². The molecule has 10 heteroatoms. The second kappa shape index (κ2) is 11.7. The molecule has 0 spiro atoms. The molecule has 40 heavy (non-hydrogen) atoms. The molecule has 0 radical (unpaired) electrons. The smallest absolute Gasteiger partial charge is 0.350 e. The number of nitrogen functional groups attached to an aromatic ring is 1. The number of anilines is 1. The summed E-state index contributed by atoms with van der Waals surface area (Å²) in [6.45, 7) is 0.0590. The Bertz CT molecular complexity index is 1430. The predicted octanol–water partition coefficient (Wildman–Crippen LogP) is 3.19. The van der Waals surface area contributed by atoms with Crippen LogP contribution in [-0.4, -0.2) is 58.0 Å². The van der Waals surface area contributed by atoms with Gasteiger partial charge < -0.3 is 30.2 Å². The summed E-state index contributed by atoms with van der Waals surface area (Å²) in [5.41, 5.74) is 6.52. The fraction of sp³-hybridized carbons (Fsp3) is 0.267. The van der Waals surface area contributed by atoms with Gasteiger partial charge in [-0.2, -0.15) is 4.98 Å². The van der Waals surface area contributed by atoms with Crippen LogP contribution >= 0.6 is 11.8 Å². The Morgan fingerprint density at radius 2 is 1.40 bits per heavy atom. The molecular formula is C30H31N3O6S. The third kappa shape index (κ3) is 5.18. The van der Waals surface area contributed by atoms with Gasteiger partial charge in [-0.05, 0) is 47.0 Å². The molecule has 0 bridgehead atoms. The summed E-state index contributed by atoms with van der Waals surface area (Å²) < 4.78 is 19.0. The second-order valence-electron chi connectivity index (χ2n) is 9.40. The van der Waals surface area contributed by atoms with Crippen LogP contribution < -0.4 is 20.9 Å². The van der Waals surface area contributed by atoms with E-state index in [1.807, 2.05) is 78.9 Å². The highest BCUT2D eigenvalue weighted by molar-refractivity contribution is 8.00. The summed E-state index contributed by atoms with van der Waals surface area (Å²) in [7, 11) is 3.23. The van der Waals surface area contributed by atoms with E-state index < -0.39 is 34.1 Å². The van der Waals surface area contributed by atoms with Gasteiger partial charge in [0, 0.05) is 6.20 Å². The van der Waals surface area contributed by atoms with Crippen LogP contribution in [0.1, 0.15) is 22.1 Å². The van der Waals surface area contributed by atoms with E-state index in [4.69, 9.17) is 19.9 Å². The van der Waals surface area contributed by atoms with Crippen molar-refractivity contribution in [2.45, 2.75) is 28.4 Å². The maximum absolute atomic E-state index is 12.5. The molecule has 4 N–H and O–H groups in total. The molecule has 1 aliphatic heterocycles. The van der Waals surface area contributed by atoms with E-state index in [0.717, 1.165) is 16.7 Å². The summed E-state index contributed by atoms with van der Waals surface area (Å²) >= 11 is 1.26. The molecule has 0 aliphatic carbocycles. The lowest BCUT2D eigenvalue weighted by Gasteiger charge is -2.37. The van der Waals surface area contributed by atoms with Crippen molar-refractivity contribution in [3.05, 3.63) is 118 Å². The monoisotopic (exact) mass is 561 g/mol. The van der Waals surface area contributed by atoms with Gasteiger partial charge in [0.15, 0.2) is 0 Å². The zero-order chi connectivity index (χ0) is 28.3. The van der Waals surface area contributed by atoms with Crippen molar-refractivity contribution in [2.24, 2.45) is 0 Å². The molecule has 1 fully saturated rings. The lowest BCUT2D eigenvalue weighted by molar-refractivity contribution is -0.0273. The summed E-state index contributed by atoms with van der Waals surface area (Å²) in [4.78, 5) is 16.2. The first-order valence-corrected chi connectivity index (χ1v) is 13.7. The van der Waals surface area contributed by atoms with Crippen LogP contribution in [0.15, 0.2) is 95.9 Å². The number of aliphatic hydroxyl groups excluding tert-OH is 2. The van der Waals surface area contributed by atoms with E-state index in [-0.39, 0.29) is 12.4 Å². The summed E-state index contributed by atoms with van der Waals surface area (Å²) in [5.74, 6) is 1.50. The van der Waals surface area contributed by atoms with Gasteiger partial charge in [-0.3, -0.25) is 4.57 Å². The van der Waals surface area contributed by atoms with Crippen molar-refractivity contribution in [1.29, 1.82) is 0 Å². The highest BCUT2D eigenvalue weighted by atomic mass is 32.2. The van der Waals surface area contributed by atoms with Crippen molar-refractivity contribution in [1.82, 2.24) is 9.55 Å². The zero-order valence-corrected chi connectivity index (χ0v) is 22.9. The number of methoxy groups -OCH3 is 2. The standard InChI is InChI=1S/C30H31N3O6S/c1-37-22-12-8-20(9-13-22)30(19-6-4-3-5-7-19,21-10-14-23(38-2)15-11-21)39-18-24-26(34)27(35)28(40-24)33-17-16-25(31)32-29(33)36/h3-17,24,26-28,34-35H,18H2,1-2H3,(H2,31,32,36)/t24-,26-,27-,28-/m1/s1. The number of hydrogen-bond donors (Lipinski definition) is 3. The first-order chi connectivity index (χ1) is 19.4. The number of nitrogens with zero attached hydrogens (tertiary/aromatic N) is 2. The van der Waals surface area contributed by atoms with Gasteiger partial charge in [-0.1, -0.05) is 54.6 Å². The molecule has 1 saturated heterocycles. The number of aliphatic hydroxyl groups is 2. The molecular weight excluding hydrogens is 530 g/mol. The maximum atomic E-state index is 12.5.